The van der Waals surface area contributed by atoms with Crippen LogP contribution in [0.15, 0.2) is 30.6 Å². The second-order valence-electron chi connectivity index (χ2n) is 8.87. The van der Waals surface area contributed by atoms with Crippen LogP contribution in [-0.2, 0) is 0 Å². The number of benzene rings is 1. The first-order valence-electron chi connectivity index (χ1n) is 11.0. The zero-order valence-corrected chi connectivity index (χ0v) is 18.8. The van der Waals surface area contributed by atoms with Crippen molar-refractivity contribution < 1.29 is 9.18 Å². The number of nitrogens with zero attached hydrogens (tertiary/aromatic N) is 5. The molecular formula is C24H27FN6O. The summed E-state index contributed by atoms with van der Waals surface area (Å²) in [6.45, 7) is 9.14. The first-order chi connectivity index (χ1) is 15.3. The maximum Gasteiger partial charge on any atom is 0.255 e. The van der Waals surface area contributed by atoms with E-state index in [4.69, 9.17) is 0 Å². The van der Waals surface area contributed by atoms with Crippen molar-refractivity contribution in [1.82, 2.24) is 29.3 Å². The lowest BCUT2D eigenvalue weighted by molar-refractivity contribution is 0.0664. The third-order valence-electron chi connectivity index (χ3n) is 6.32. The summed E-state index contributed by atoms with van der Waals surface area (Å²) in [4.78, 5) is 29.2. The third kappa shape index (κ3) is 3.35. The number of carbonyl (C=O) groups excluding carboxylic acids is 1. The number of aromatic nitrogens is 4. The number of hydrogen-bond donors (Lipinski definition) is 1. The Bertz CT molecular complexity index is 1330. The highest BCUT2D eigenvalue weighted by atomic mass is 19.1. The number of amides is 1. The van der Waals surface area contributed by atoms with Gasteiger partial charge in [-0.1, -0.05) is 0 Å². The zero-order valence-electron chi connectivity index (χ0n) is 18.8. The van der Waals surface area contributed by atoms with Gasteiger partial charge >= 0.3 is 0 Å². The van der Waals surface area contributed by atoms with Crippen LogP contribution in [0, 0.1) is 12.7 Å². The minimum absolute atomic E-state index is 0.0187. The number of aromatic amines is 1. The van der Waals surface area contributed by atoms with Crippen LogP contribution in [0.4, 0.5) is 4.39 Å². The van der Waals surface area contributed by atoms with E-state index in [1.54, 1.807) is 6.20 Å². The fourth-order valence-corrected chi connectivity index (χ4v) is 4.63. The molecule has 1 saturated heterocycles. The molecule has 0 saturated carbocycles. The van der Waals surface area contributed by atoms with Gasteiger partial charge < -0.3 is 19.4 Å². The number of piperazine rings is 1. The van der Waals surface area contributed by atoms with Gasteiger partial charge in [-0.05, 0) is 51.6 Å². The van der Waals surface area contributed by atoms with Gasteiger partial charge in [0.25, 0.3) is 5.91 Å². The van der Waals surface area contributed by atoms with Crippen LogP contribution < -0.4 is 0 Å². The van der Waals surface area contributed by atoms with E-state index in [9.17, 15) is 4.79 Å². The number of imidazole rings is 1. The summed E-state index contributed by atoms with van der Waals surface area (Å²) in [7, 11) is 2.06. The van der Waals surface area contributed by atoms with Crippen molar-refractivity contribution >= 4 is 28.0 Å². The number of H-pyrrole nitrogens is 1. The number of likely N-dealkylation sites (N-methyl/N-ethyl adjacent to an activating group) is 1. The smallest absolute Gasteiger partial charge is 0.255 e. The Morgan fingerprint density at radius 3 is 2.62 bits per heavy atom. The molecule has 0 bridgehead atoms. The molecule has 3 aromatic heterocycles. The van der Waals surface area contributed by atoms with E-state index in [2.05, 4.69) is 40.7 Å². The number of nitrogens with one attached hydrogen (secondary N) is 1. The van der Waals surface area contributed by atoms with E-state index in [-0.39, 0.29) is 17.8 Å². The molecule has 0 aliphatic carbocycles. The summed E-state index contributed by atoms with van der Waals surface area (Å²) in [6, 6.07) is 5.50. The molecule has 166 valence electrons. The van der Waals surface area contributed by atoms with E-state index in [1.807, 2.05) is 34.7 Å². The maximum absolute atomic E-state index is 15.0. The quantitative estimate of drug-likeness (QED) is 0.529. The molecule has 1 aliphatic heterocycles. The molecule has 1 amide bonds. The van der Waals surface area contributed by atoms with E-state index in [0.717, 1.165) is 40.9 Å². The molecule has 7 nitrogen and oxygen atoms in total. The molecule has 1 aromatic carbocycles. The van der Waals surface area contributed by atoms with E-state index in [1.165, 1.54) is 6.07 Å². The van der Waals surface area contributed by atoms with Crippen LogP contribution in [-0.4, -0.2) is 68.5 Å². The Morgan fingerprint density at radius 1 is 1.16 bits per heavy atom. The van der Waals surface area contributed by atoms with Crippen LogP contribution in [0.5, 0.6) is 0 Å². The van der Waals surface area contributed by atoms with Crippen molar-refractivity contribution in [3.63, 3.8) is 0 Å². The van der Waals surface area contributed by atoms with Gasteiger partial charge in [0, 0.05) is 55.6 Å². The standard InChI is InChI=1S/C24H27FN6O/c1-14(2)31-15(3)28-22-20(25)10-16(11-21(22)31)19-13-27-23-18(19)9-17(12-26-23)24(32)30-7-5-29(4)6-8-30/h9-14H,5-8H2,1-4H3,(H,26,27). The van der Waals surface area contributed by atoms with Gasteiger partial charge in [-0.25, -0.2) is 14.4 Å². The number of halogens is 1. The molecule has 4 aromatic rings. The largest absolute Gasteiger partial charge is 0.346 e. The number of rotatable bonds is 3. The van der Waals surface area contributed by atoms with Crippen molar-refractivity contribution in [1.29, 1.82) is 0 Å². The van der Waals surface area contributed by atoms with Gasteiger partial charge in [-0.3, -0.25) is 4.79 Å². The van der Waals surface area contributed by atoms with E-state index in [0.29, 0.717) is 29.8 Å². The average molecular weight is 435 g/mol. The van der Waals surface area contributed by atoms with Crippen LogP contribution in [0.1, 0.15) is 36.1 Å². The molecule has 5 rings (SSSR count). The normalized spacial score (nSPS) is 15.4. The van der Waals surface area contributed by atoms with Crippen molar-refractivity contribution in [3.8, 4) is 11.1 Å². The van der Waals surface area contributed by atoms with Gasteiger partial charge in [0.2, 0.25) is 0 Å². The second-order valence-corrected chi connectivity index (χ2v) is 8.87. The van der Waals surface area contributed by atoms with Gasteiger partial charge in [0.05, 0.1) is 11.1 Å². The van der Waals surface area contributed by atoms with Gasteiger partial charge in [0.15, 0.2) is 5.82 Å². The van der Waals surface area contributed by atoms with Crippen LogP contribution in [0.2, 0.25) is 0 Å². The fourth-order valence-electron chi connectivity index (χ4n) is 4.63. The Labute approximate surface area is 185 Å². The van der Waals surface area contributed by atoms with E-state index >= 15 is 4.39 Å². The van der Waals surface area contributed by atoms with Crippen molar-refractivity contribution in [3.05, 3.63) is 47.8 Å². The monoisotopic (exact) mass is 434 g/mol. The Hall–Kier alpha value is -3.26. The van der Waals surface area contributed by atoms with Gasteiger partial charge in [-0.2, -0.15) is 0 Å². The molecule has 8 heteroatoms. The lowest BCUT2D eigenvalue weighted by Gasteiger charge is -2.32. The van der Waals surface area contributed by atoms with Crippen molar-refractivity contribution in [2.24, 2.45) is 0 Å². The predicted octanol–water partition coefficient (Wildman–Crippen LogP) is 4.00. The topological polar surface area (TPSA) is 70.1 Å². The molecule has 32 heavy (non-hydrogen) atoms. The third-order valence-corrected chi connectivity index (χ3v) is 6.32. The SMILES string of the molecule is Cc1nc2c(F)cc(-c3c[nH]c4ncc(C(=O)N5CCN(C)CC5)cc34)cc2n1C(C)C. The molecular weight excluding hydrogens is 407 g/mol. The second kappa shape index (κ2) is 7.70. The first-order valence-corrected chi connectivity index (χ1v) is 11.0. The maximum atomic E-state index is 15.0. The lowest BCUT2D eigenvalue weighted by Crippen LogP contribution is -2.47. The van der Waals surface area contributed by atoms with Gasteiger partial charge in [0.1, 0.15) is 17.0 Å². The Kier molecular flexibility index (Phi) is 4.97. The van der Waals surface area contributed by atoms with E-state index < -0.39 is 0 Å². The number of carbonyl (C=O) groups is 1. The lowest BCUT2D eigenvalue weighted by atomic mass is 10.0. The molecule has 1 N–H and O–H groups in total. The minimum Gasteiger partial charge on any atom is -0.346 e. The molecule has 1 aliphatic rings. The highest BCUT2D eigenvalue weighted by Gasteiger charge is 2.22. The highest BCUT2D eigenvalue weighted by Crippen LogP contribution is 2.33. The molecule has 0 radical (unpaired) electrons. The summed E-state index contributed by atoms with van der Waals surface area (Å²) >= 11 is 0. The molecule has 0 unspecified atom stereocenters. The van der Waals surface area contributed by atoms with Crippen LogP contribution >= 0.6 is 0 Å². The summed E-state index contributed by atoms with van der Waals surface area (Å²) in [5.74, 6) is 0.411. The number of aryl methyl sites for hydroxylation is 1. The minimum atomic E-state index is -0.355. The first kappa shape index (κ1) is 20.6. The Balaban J connectivity index is 1.59. The van der Waals surface area contributed by atoms with Crippen LogP contribution in [0.25, 0.3) is 33.2 Å². The molecule has 4 heterocycles. The van der Waals surface area contributed by atoms with Crippen LogP contribution in [0.3, 0.4) is 0 Å². The number of hydrogen-bond acceptors (Lipinski definition) is 4. The van der Waals surface area contributed by atoms with Gasteiger partial charge in [-0.15, -0.1) is 0 Å². The average Bonchev–Trinajstić information content (AvgIpc) is 3.34. The highest BCUT2D eigenvalue weighted by molar-refractivity contribution is 6.01. The van der Waals surface area contributed by atoms with Crippen molar-refractivity contribution in [2.45, 2.75) is 26.8 Å². The number of pyridine rings is 1. The molecule has 1 fully saturated rings. The zero-order chi connectivity index (χ0) is 22.6. The van der Waals surface area contributed by atoms with Crippen molar-refractivity contribution in [2.75, 3.05) is 33.2 Å². The summed E-state index contributed by atoms with van der Waals surface area (Å²) in [6.07, 6.45) is 3.44. The summed E-state index contributed by atoms with van der Waals surface area (Å²) in [5, 5.41) is 0.802. The Morgan fingerprint density at radius 2 is 1.91 bits per heavy atom. The molecule has 0 atom stereocenters. The number of fused-ring (bicyclic) bond motifs is 2. The predicted molar refractivity (Wildman–Crippen MR) is 123 cm³/mol. The fraction of sp³-hybridized carbons (Fsp3) is 0.375. The summed E-state index contributed by atoms with van der Waals surface area (Å²) in [5.41, 5.74) is 3.91. The summed E-state index contributed by atoms with van der Waals surface area (Å²) < 4.78 is 17.1. The molecule has 0 spiro atoms.